The minimum absolute atomic E-state index is 0.138. The average molecular weight is 283 g/mol. The van der Waals surface area contributed by atoms with Gasteiger partial charge in [0.05, 0.1) is 6.61 Å². The maximum Gasteiger partial charge on any atom is 0.317 e. The van der Waals surface area contributed by atoms with Crippen LogP contribution in [0.3, 0.4) is 0 Å². The number of ketones is 1. The molecule has 0 fully saturated rings. The standard InChI is InChI=1S/C12H11BrO3/c1-2-16-12(15)8-6-7-4-3-5-9(13)10(7)11(8)14/h3-5,8H,2,6H2,1H3. The van der Waals surface area contributed by atoms with Crippen LogP contribution in [0, 0.1) is 5.92 Å². The van der Waals surface area contributed by atoms with E-state index in [9.17, 15) is 9.59 Å². The molecule has 84 valence electrons. The van der Waals surface area contributed by atoms with Gasteiger partial charge in [-0.2, -0.15) is 0 Å². The molecule has 4 heteroatoms. The molecule has 1 aromatic carbocycles. The van der Waals surface area contributed by atoms with Crippen LogP contribution in [0.25, 0.3) is 0 Å². The summed E-state index contributed by atoms with van der Waals surface area (Å²) in [7, 11) is 0. The maximum absolute atomic E-state index is 12.0. The Morgan fingerprint density at radius 3 is 2.94 bits per heavy atom. The van der Waals surface area contributed by atoms with Crippen LogP contribution in [0.15, 0.2) is 22.7 Å². The summed E-state index contributed by atoms with van der Waals surface area (Å²) in [6.07, 6.45) is 0.451. The quantitative estimate of drug-likeness (QED) is 0.618. The van der Waals surface area contributed by atoms with Crippen LogP contribution < -0.4 is 0 Å². The Balaban J connectivity index is 2.31. The Kier molecular flexibility index (Phi) is 3.10. The second kappa shape index (κ2) is 4.37. The molecule has 0 amide bonds. The fraction of sp³-hybridized carbons (Fsp3) is 0.333. The molecule has 1 aliphatic carbocycles. The van der Waals surface area contributed by atoms with Crippen molar-refractivity contribution in [2.45, 2.75) is 13.3 Å². The molecule has 0 saturated heterocycles. The van der Waals surface area contributed by atoms with E-state index in [-0.39, 0.29) is 5.78 Å². The zero-order valence-electron chi connectivity index (χ0n) is 8.83. The highest BCUT2D eigenvalue weighted by atomic mass is 79.9. The molecule has 0 spiro atoms. The molecule has 0 N–H and O–H groups in total. The summed E-state index contributed by atoms with van der Waals surface area (Å²) in [6.45, 7) is 2.04. The van der Waals surface area contributed by atoms with Crippen LogP contribution in [0.4, 0.5) is 0 Å². The van der Waals surface area contributed by atoms with Gasteiger partial charge in [0.25, 0.3) is 0 Å². The van der Waals surface area contributed by atoms with E-state index in [2.05, 4.69) is 15.9 Å². The maximum atomic E-state index is 12.0. The number of carbonyl (C=O) groups excluding carboxylic acids is 2. The Labute approximate surface area is 102 Å². The first kappa shape index (κ1) is 11.3. The highest BCUT2D eigenvalue weighted by Crippen LogP contribution is 2.32. The molecular weight excluding hydrogens is 272 g/mol. The smallest absolute Gasteiger partial charge is 0.317 e. The first-order chi connectivity index (χ1) is 7.65. The van der Waals surface area contributed by atoms with E-state index in [4.69, 9.17) is 4.74 Å². The minimum atomic E-state index is -0.659. The predicted octanol–water partition coefficient (Wildman–Crippen LogP) is 2.37. The first-order valence-electron chi connectivity index (χ1n) is 5.13. The normalized spacial score (nSPS) is 18.4. The molecule has 0 aromatic heterocycles. The molecule has 0 bridgehead atoms. The van der Waals surface area contributed by atoms with Crippen LogP contribution in [-0.2, 0) is 16.0 Å². The van der Waals surface area contributed by atoms with Crippen molar-refractivity contribution < 1.29 is 14.3 Å². The highest BCUT2D eigenvalue weighted by Gasteiger charge is 2.37. The number of ether oxygens (including phenoxy) is 1. The molecule has 2 rings (SSSR count). The number of carbonyl (C=O) groups is 2. The van der Waals surface area contributed by atoms with Crippen molar-refractivity contribution in [2.75, 3.05) is 6.61 Å². The number of rotatable bonds is 2. The summed E-state index contributed by atoms with van der Waals surface area (Å²) < 4.78 is 5.64. The van der Waals surface area contributed by atoms with Gasteiger partial charge < -0.3 is 4.74 Å². The topological polar surface area (TPSA) is 43.4 Å². The van der Waals surface area contributed by atoms with E-state index in [1.165, 1.54) is 0 Å². The third kappa shape index (κ3) is 1.78. The van der Waals surface area contributed by atoms with Gasteiger partial charge in [-0.1, -0.05) is 28.1 Å². The molecular formula is C12H11BrO3. The Bertz CT molecular complexity index is 454. The van der Waals surface area contributed by atoms with Crippen molar-refractivity contribution in [2.24, 2.45) is 5.92 Å². The lowest BCUT2D eigenvalue weighted by molar-refractivity contribution is -0.145. The van der Waals surface area contributed by atoms with Crippen LogP contribution in [-0.4, -0.2) is 18.4 Å². The summed E-state index contributed by atoms with van der Waals surface area (Å²) in [4.78, 5) is 23.6. The number of hydrogen-bond acceptors (Lipinski definition) is 3. The van der Waals surface area contributed by atoms with E-state index < -0.39 is 11.9 Å². The molecule has 1 atom stereocenters. The van der Waals surface area contributed by atoms with E-state index in [1.807, 2.05) is 18.2 Å². The third-order valence-electron chi connectivity index (χ3n) is 2.66. The molecule has 3 nitrogen and oxygen atoms in total. The van der Waals surface area contributed by atoms with Gasteiger partial charge in [0.1, 0.15) is 5.92 Å². The number of halogens is 1. The monoisotopic (exact) mass is 282 g/mol. The molecule has 0 heterocycles. The van der Waals surface area contributed by atoms with Gasteiger partial charge in [0.15, 0.2) is 5.78 Å². The third-order valence-corrected chi connectivity index (χ3v) is 3.32. The molecule has 1 unspecified atom stereocenters. The zero-order valence-corrected chi connectivity index (χ0v) is 10.4. The lowest BCUT2D eigenvalue weighted by atomic mass is 10.1. The Morgan fingerprint density at radius 2 is 2.31 bits per heavy atom. The summed E-state index contributed by atoms with van der Waals surface area (Å²) in [5, 5.41) is 0. The molecule has 1 aromatic rings. The van der Waals surface area contributed by atoms with Crippen molar-refractivity contribution in [3.63, 3.8) is 0 Å². The number of benzene rings is 1. The molecule has 0 aliphatic heterocycles. The highest BCUT2D eigenvalue weighted by molar-refractivity contribution is 9.10. The molecule has 0 radical (unpaired) electrons. The average Bonchev–Trinajstić information content (AvgIpc) is 2.58. The summed E-state index contributed by atoms with van der Waals surface area (Å²) in [6, 6.07) is 5.55. The second-order valence-corrected chi connectivity index (χ2v) is 4.50. The van der Waals surface area contributed by atoms with Gasteiger partial charge in [0.2, 0.25) is 0 Å². The SMILES string of the molecule is CCOC(=O)C1Cc2cccc(Br)c2C1=O. The van der Waals surface area contributed by atoms with Gasteiger partial charge in [-0.25, -0.2) is 0 Å². The lowest BCUT2D eigenvalue weighted by Crippen LogP contribution is -2.23. The second-order valence-electron chi connectivity index (χ2n) is 3.65. The van der Waals surface area contributed by atoms with E-state index in [1.54, 1.807) is 6.92 Å². The summed E-state index contributed by atoms with van der Waals surface area (Å²) >= 11 is 3.33. The van der Waals surface area contributed by atoms with Gasteiger partial charge >= 0.3 is 5.97 Å². The number of esters is 1. The number of fused-ring (bicyclic) bond motifs is 1. The fourth-order valence-electron chi connectivity index (χ4n) is 1.93. The van der Waals surface area contributed by atoms with Gasteiger partial charge in [0, 0.05) is 10.0 Å². The van der Waals surface area contributed by atoms with Crippen molar-refractivity contribution in [1.82, 2.24) is 0 Å². The van der Waals surface area contributed by atoms with Crippen LogP contribution in [0.2, 0.25) is 0 Å². The predicted molar refractivity (Wildman–Crippen MR) is 62.3 cm³/mol. The van der Waals surface area contributed by atoms with Gasteiger partial charge in [-0.15, -0.1) is 0 Å². The van der Waals surface area contributed by atoms with Crippen LogP contribution in [0.1, 0.15) is 22.8 Å². The van der Waals surface area contributed by atoms with Crippen molar-refractivity contribution >= 4 is 27.7 Å². The van der Waals surface area contributed by atoms with Crippen molar-refractivity contribution in [3.05, 3.63) is 33.8 Å². The Morgan fingerprint density at radius 1 is 1.56 bits per heavy atom. The number of hydrogen-bond donors (Lipinski definition) is 0. The summed E-state index contributed by atoms with van der Waals surface area (Å²) in [5.41, 5.74) is 1.54. The largest absolute Gasteiger partial charge is 0.465 e. The molecule has 0 saturated carbocycles. The molecule has 1 aliphatic rings. The van der Waals surface area contributed by atoms with Crippen molar-refractivity contribution in [1.29, 1.82) is 0 Å². The minimum Gasteiger partial charge on any atom is -0.465 e. The zero-order chi connectivity index (χ0) is 11.7. The summed E-state index contributed by atoms with van der Waals surface area (Å²) in [5.74, 6) is -1.22. The van der Waals surface area contributed by atoms with Gasteiger partial charge in [-0.3, -0.25) is 9.59 Å². The molecule has 16 heavy (non-hydrogen) atoms. The fourth-order valence-corrected chi connectivity index (χ4v) is 2.54. The number of Topliss-reactive ketones (excluding diaryl/α,β-unsaturated/α-hetero) is 1. The van der Waals surface area contributed by atoms with Crippen LogP contribution in [0.5, 0.6) is 0 Å². The lowest BCUT2D eigenvalue weighted by Gasteiger charge is -2.06. The van der Waals surface area contributed by atoms with Crippen molar-refractivity contribution in [3.8, 4) is 0 Å². The van der Waals surface area contributed by atoms with E-state index in [0.29, 0.717) is 18.6 Å². The Hall–Kier alpha value is -1.16. The van der Waals surface area contributed by atoms with Crippen LogP contribution >= 0.6 is 15.9 Å². The first-order valence-corrected chi connectivity index (χ1v) is 5.92. The van der Waals surface area contributed by atoms with Gasteiger partial charge in [-0.05, 0) is 25.0 Å². The van der Waals surface area contributed by atoms with E-state index in [0.717, 1.165) is 10.0 Å². The van der Waals surface area contributed by atoms with E-state index >= 15 is 0 Å².